The minimum atomic E-state index is -4.38. The zero-order valence-electron chi connectivity index (χ0n) is 15.9. The van der Waals surface area contributed by atoms with Crippen LogP contribution in [0.4, 0.5) is 13.2 Å². The number of phenols is 1. The second-order valence-electron chi connectivity index (χ2n) is 8.03. The number of phenolic OH excluding ortho intramolecular Hbond substituents is 1. The van der Waals surface area contributed by atoms with Crippen molar-refractivity contribution in [2.45, 2.75) is 71.4 Å². The minimum Gasteiger partial charge on any atom is -0.507 e. The number of aromatic hydroxyl groups is 1. The van der Waals surface area contributed by atoms with Crippen LogP contribution in [0.2, 0.25) is 0 Å². The Kier molecular flexibility index (Phi) is 4.48. The Morgan fingerprint density at radius 3 is 1.89 bits per heavy atom. The molecule has 4 heteroatoms. The van der Waals surface area contributed by atoms with Crippen LogP contribution in [0.1, 0.15) is 64.6 Å². The summed E-state index contributed by atoms with van der Waals surface area (Å²) < 4.78 is 41.3. The van der Waals surface area contributed by atoms with E-state index in [0.717, 1.165) is 67.2 Å². The highest BCUT2D eigenvalue weighted by Gasteiger charge is 2.36. The monoisotopic (exact) mass is 374 g/mol. The van der Waals surface area contributed by atoms with Crippen LogP contribution >= 0.6 is 0 Å². The number of fused-ring (bicyclic) bond motifs is 2. The molecule has 0 heterocycles. The number of hydrogen-bond acceptors (Lipinski definition) is 1. The second-order valence-corrected chi connectivity index (χ2v) is 8.03. The van der Waals surface area contributed by atoms with Crippen LogP contribution in [0.15, 0.2) is 12.1 Å². The maximum Gasteiger partial charge on any atom is 0.416 e. The lowest BCUT2D eigenvalue weighted by atomic mass is 9.77. The van der Waals surface area contributed by atoms with Crippen molar-refractivity contribution in [1.82, 2.24) is 0 Å². The van der Waals surface area contributed by atoms with E-state index in [2.05, 4.69) is 0 Å². The summed E-state index contributed by atoms with van der Waals surface area (Å²) in [5, 5.41) is 10.9. The second kappa shape index (κ2) is 6.57. The predicted molar refractivity (Wildman–Crippen MR) is 101 cm³/mol. The molecular weight excluding hydrogens is 349 g/mol. The molecule has 0 spiro atoms. The summed E-state index contributed by atoms with van der Waals surface area (Å²) in [5.74, 6) is 0.158. The molecule has 2 aliphatic carbocycles. The first-order chi connectivity index (χ1) is 12.8. The van der Waals surface area contributed by atoms with Gasteiger partial charge >= 0.3 is 6.18 Å². The van der Waals surface area contributed by atoms with Gasteiger partial charge in [-0.3, -0.25) is 0 Å². The molecule has 0 unspecified atom stereocenters. The first-order valence-electron chi connectivity index (χ1n) is 9.86. The predicted octanol–water partition coefficient (Wildman–Crippen LogP) is 6.45. The lowest BCUT2D eigenvalue weighted by molar-refractivity contribution is -0.138. The fourth-order valence-corrected chi connectivity index (χ4v) is 4.96. The molecule has 0 saturated carbocycles. The van der Waals surface area contributed by atoms with Gasteiger partial charge in [-0.1, -0.05) is 6.07 Å². The molecule has 0 saturated heterocycles. The molecule has 0 amide bonds. The third kappa shape index (κ3) is 3.03. The van der Waals surface area contributed by atoms with Crippen molar-refractivity contribution < 1.29 is 18.3 Å². The van der Waals surface area contributed by atoms with Gasteiger partial charge in [0.15, 0.2) is 0 Å². The molecule has 1 N–H and O–H groups in total. The Labute approximate surface area is 158 Å². The summed E-state index contributed by atoms with van der Waals surface area (Å²) in [6, 6.07) is 3.37. The highest BCUT2D eigenvalue weighted by atomic mass is 19.4. The molecule has 4 rings (SSSR count). The van der Waals surface area contributed by atoms with Gasteiger partial charge in [-0.2, -0.15) is 13.2 Å². The summed E-state index contributed by atoms with van der Waals surface area (Å²) in [6.07, 6.45) is 2.85. The van der Waals surface area contributed by atoms with E-state index in [1.807, 2.05) is 13.0 Å². The van der Waals surface area contributed by atoms with Gasteiger partial charge in [-0.15, -0.1) is 0 Å². The number of benzene rings is 2. The normalized spacial score (nSPS) is 16.8. The smallest absolute Gasteiger partial charge is 0.416 e. The average Bonchev–Trinajstić information content (AvgIpc) is 2.62. The molecule has 2 aromatic rings. The highest BCUT2D eigenvalue weighted by Crippen LogP contribution is 2.48. The quantitative estimate of drug-likeness (QED) is 0.608. The van der Waals surface area contributed by atoms with Gasteiger partial charge in [-0.25, -0.2) is 0 Å². The fourth-order valence-electron chi connectivity index (χ4n) is 4.96. The molecular formula is C23H25F3O. The summed E-state index contributed by atoms with van der Waals surface area (Å²) >= 11 is 0. The van der Waals surface area contributed by atoms with E-state index in [1.54, 1.807) is 6.92 Å². The number of halogens is 3. The van der Waals surface area contributed by atoms with Gasteiger partial charge in [0.2, 0.25) is 0 Å². The zero-order chi connectivity index (χ0) is 19.3. The van der Waals surface area contributed by atoms with E-state index in [4.69, 9.17) is 0 Å². The van der Waals surface area contributed by atoms with E-state index in [9.17, 15) is 18.3 Å². The Morgan fingerprint density at radius 2 is 1.30 bits per heavy atom. The standard InChI is InChI=1S/C23H25F3O/c1-13-11-15-7-3-6-10-18(15)21(22(13)27)20-14(2)19(23(24,25)26)12-16-8-4-5-9-17(16)20/h11-12,27H,3-10H2,1-2H3. The maximum atomic E-state index is 13.8. The molecule has 144 valence electrons. The van der Waals surface area contributed by atoms with E-state index in [1.165, 1.54) is 11.6 Å². The Morgan fingerprint density at radius 1 is 0.778 bits per heavy atom. The van der Waals surface area contributed by atoms with Gasteiger partial charge in [0.05, 0.1) is 5.56 Å². The van der Waals surface area contributed by atoms with Crippen molar-refractivity contribution in [2.75, 3.05) is 0 Å². The van der Waals surface area contributed by atoms with Crippen LogP contribution in [-0.4, -0.2) is 5.11 Å². The summed E-state index contributed by atoms with van der Waals surface area (Å²) in [4.78, 5) is 0. The average molecular weight is 374 g/mol. The molecule has 0 radical (unpaired) electrons. The van der Waals surface area contributed by atoms with E-state index >= 15 is 0 Å². The van der Waals surface area contributed by atoms with Crippen LogP contribution in [0.25, 0.3) is 11.1 Å². The van der Waals surface area contributed by atoms with Gasteiger partial charge in [0.25, 0.3) is 0 Å². The van der Waals surface area contributed by atoms with Gasteiger partial charge in [-0.05, 0) is 110 Å². The van der Waals surface area contributed by atoms with Crippen molar-refractivity contribution in [3.05, 3.63) is 51.1 Å². The first kappa shape index (κ1) is 18.4. The molecule has 0 aromatic heterocycles. The Hall–Kier alpha value is -1.97. The maximum absolute atomic E-state index is 13.8. The Balaban J connectivity index is 2.10. The van der Waals surface area contributed by atoms with Crippen molar-refractivity contribution >= 4 is 0 Å². The van der Waals surface area contributed by atoms with Crippen molar-refractivity contribution in [3.63, 3.8) is 0 Å². The van der Waals surface area contributed by atoms with Crippen molar-refractivity contribution in [3.8, 4) is 16.9 Å². The van der Waals surface area contributed by atoms with Crippen molar-refractivity contribution in [2.24, 2.45) is 0 Å². The molecule has 0 atom stereocenters. The molecule has 0 fully saturated rings. The van der Waals surface area contributed by atoms with Crippen LogP contribution in [0.3, 0.4) is 0 Å². The van der Waals surface area contributed by atoms with Gasteiger partial charge in [0, 0.05) is 5.56 Å². The summed E-state index contributed by atoms with van der Waals surface area (Å²) in [5.41, 5.74) is 5.85. The summed E-state index contributed by atoms with van der Waals surface area (Å²) in [6.45, 7) is 3.42. The zero-order valence-corrected chi connectivity index (χ0v) is 15.9. The molecule has 2 aromatic carbocycles. The number of rotatable bonds is 1. The fraction of sp³-hybridized carbons (Fsp3) is 0.478. The third-order valence-corrected chi connectivity index (χ3v) is 6.28. The molecule has 27 heavy (non-hydrogen) atoms. The number of alkyl halides is 3. The number of aryl methyl sites for hydroxylation is 3. The van der Waals surface area contributed by atoms with Crippen LogP contribution in [-0.2, 0) is 31.9 Å². The summed E-state index contributed by atoms with van der Waals surface area (Å²) in [7, 11) is 0. The van der Waals surface area contributed by atoms with Gasteiger partial charge in [0.1, 0.15) is 5.75 Å². The Bertz CT molecular complexity index is 909. The largest absolute Gasteiger partial charge is 0.507 e. The highest BCUT2D eigenvalue weighted by molar-refractivity contribution is 5.83. The number of hydrogen-bond donors (Lipinski definition) is 1. The SMILES string of the molecule is Cc1cc2c(c(-c3c(C)c(C(F)(F)F)cc4c3CCCC4)c1O)CCCC2. The lowest BCUT2D eigenvalue weighted by Crippen LogP contribution is -2.15. The third-order valence-electron chi connectivity index (χ3n) is 6.28. The van der Waals surface area contributed by atoms with Crippen LogP contribution in [0.5, 0.6) is 5.75 Å². The lowest BCUT2D eigenvalue weighted by Gasteiger charge is -2.29. The first-order valence-corrected chi connectivity index (χ1v) is 9.86. The van der Waals surface area contributed by atoms with E-state index in [-0.39, 0.29) is 11.3 Å². The van der Waals surface area contributed by atoms with Gasteiger partial charge < -0.3 is 5.11 Å². The molecule has 1 nitrogen and oxygen atoms in total. The van der Waals surface area contributed by atoms with Crippen LogP contribution < -0.4 is 0 Å². The van der Waals surface area contributed by atoms with Crippen molar-refractivity contribution in [1.29, 1.82) is 0 Å². The van der Waals surface area contributed by atoms with E-state index < -0.39 is 11.7 Å². The van der Waals surface area contributed by atoms with E-state index in [0.29, 0.717) is 17.5 Å². The minimum absolute atomic E-state index is 0.158. The van der Waals surface area contributed by atoms with Crippen LogP contribution in [0, 0.1) is 13.8 Å². The molecule has 2 aliphatic rings. The molecule has 0 aliphatic heterocycles. The molecule has 0 bridgehead atoms. The topological polar surface area (TPSA) is 20.2 Å².